The Morgan fingerprint density at radius 2 is 2.37 bits per heavy atom. The summed E-state index contributed by atoms with van der Waals surface area (Å²) in [7, 11) is 0. The summed E-state index contributed by atoms with van der Waals surface area (Å²) in [5.41, 5.74) is -0.279. The molecule has 0 aliphatic heterocycles. The minimum Gasteiger partial charge on any atom is -0.388 e. The van der Waals surface area contributed by atoms with Crippen LogP contribution in [0.1, 0.15) is 43.5 Å². The van der Waals surface area contributed by atoms with Gasteiger partial charge in [-0.1, -0.05) is 11.8 Å². The summed E-state index contributed by atoms with van der Waals surface area (Å²) in [4.78, 5) is 20.1. The van der Waals surface area contributed by atoms with E-state index in [0.29, 0.717) is 16.5 Å². The summed E-state index contributed by atoms with van der Waals surface area (Å²) < 4.78 is 0. The molecular weight excluding hydrogens is 262 g/mol. The second kappa shape index (κ2) is 5.46. The van der Waals surface area contributed by atoms with Crippen molar-refractivity contribution in [3.8, 4) is 0 Å². The van der Waals surface area contributed by atoms with Crippen LogP contribution < -0.4 is 5.32 Å². The van der Waals surface area contributed by atoms with Crippen LogP contribution in [0.5, 0.6) is 0 Å². The molecule has 1 fully saturated rings. The molecule has 2 rings (SSSR count). The smallest absolute Gasteiger partial charge is 0.189 e. The topological polar surface area (TPSA) is 75.1 Å². The number of ketones is 1. The summed E-state index contributed by atoms with van der Waals surface area (Å²) >= 11 is 1.43. The van der Waals surface area contributed by atoms with Crippen LogP contribution in [0.3, 0.4) is 0 Å². The lowest BCUT2D eigenvalue weighted by atomic mass is 10.0. The molecule has 5 nitrogen and oxygen atoms in total. The number of aromatic nitrogens is 2. The van der Waals surface area contributed by atoms with E-state index in [0.717, 1.165) is 19.3 Å². The van der Waals surface area contributed by atoms with E-state index in [1.54, 1.807) is 6.20 Å². The second-order valence-corrected chi connectivity index (χ2v) is 5.89. The third-order valence-corrected chi connectivity index (χ3v) is 4.13. The van der Waals surface area contributed by atoms with Gasteiger partial charge in [0.2, 0.25) is 0 Å². The largest absolute Gasteiger partial charge is 0.388 e. The molecule has 19 heavy (non-hydrogen) atoms. The van der Waals surface area contributed by atoms with Crippen LogP contribution in [-0.2, 0) is 0 Å². The minimum atomic E-state index is -0.751. The van der Waals surface area contributed by atoms with Crippen molar-refractivity contribution >= 4 is 23.4 Å². The fourth-order valence-corrected chi connectivity index (χ4v) is 2.71. The highest BCUT2D eigenvalue weighted by Crippen LogP contribution is 2.32. The molecule has 1 aliphatic rings. The van der Waals surface area contributed by atoms with Gasteiger partial charge in [0.1, 0.15) is 5.82 Å². The van der Waals surface area contributed by atoms with E-state index in [9.17, 15) is 9.90 Å². The van der Waals surface area contributed by atoms with E-state index in [-0.39, 0.29) is 11.8 Å². The number of rotatable bonds is 4. The number of anilines is 1. The molecule has 0 unspecified atom stereocenters. The molecule has 2 N–H and O–H groups in total. The van der Waals surface area contributed by atoms with Crippen LogP contribution in [0.25, 0.3) is 0 Å². The van der Waals surface area contributed by atoms with Crippen LogP contribution in [-0.4, -0.2) is 38.8 Å². The van der Waals surface area contributed by atoms with E-state index < -0.39 is 5.60 Å². The first-order chi connectivity index (χ1) is 8.94. The molecule has 104 valence electrons. The maximum Gasteiger partial charge on any atom is 0.189 e. The van der Waals surface area contributed by atoms with Gasteiger partial charge >= 0.3 is 0 Å². The first-order valence-electron chi connectivity index (χ1n) is 6.35. The maximum atomic E-state index is 11.6. The lowest BCUT2D eigenvalue weighted by Crippen LogP contribution is -2.40. The molecule has 0 saturated heterocycles. The number of nitrogens with one attached hydrogen (secondary N) is 1. The molecule has 0 amide bonds. The molecule has 0 aromatic carbocycles. The Labute approximate surface area is 117 Å². The number of carbonyl (C=O) groups is 1. The maximum absolute atomic E-state index is 11.6. The Hall–Kier alpha value is -1.14. The van der Waals surface area contributed by atoms with Gasteiger partial charge in [0.05, 0.1) is 17.2 Å². The van der Waals surface area contributed by atoms with E-state index in [2.05, 4.69) is 15.3 Å². The number of aliphatic hydroxyl groups is 1. The monoisotopic (exact) mass is 281 g/mol. The molecule has 2 atom stereocenters. The van der Waals surface area contributed by atoms with Crippen molar-refractivity contribution in [2.75, 3.05) is 11.6 Å². The predicted molar refractivity (Wildman–Crippen MR) is 75.7 cm³/mol. The van der Waals surface area contributed by atoms with Gasteiger partial charge in [-0.25, -0.2) is 9.97 Å². The number of hydrogen-bond donors (Lipinski definition) is 2. The van der Waals surface area contributed by atoms with Gasteiger partial charge in [-0.05, 0) is 39.4 Å². The Morgan fingerprint density at radius 3 is 2.89 bits per heavy atom. The number of Topliss-reactive ketones (excluding diaryl/α,β-unsaturated/α-hetero) is 1. The van der Waals surface area contributed by atoms with Gasteiger partial charge in [0.15, 0.2) is 10.9 Å². The molecule has 1 aromatic rings. The van der Waals surface area contributed by atoms with Crippen LogP contribution in [0.4, 0.5) is 5.82 Å². The molecule has 0 bridgehead atoms. The summed E-state index contributed by atoms with van der Waals surface area (Å²) in [6, 6.07) is -0.0739. The van der Waals surface area contributed by atoms with Gasteiger partial charge < -0.3 is 10.4 Å². The van der Waals surface area contributed by atoms with Crippen molar-refractivity contribution in [2.45, 2.75) is 49.9 Å². The zero-order valence-corrected chi connectivity index (χ0v) is 12.3. The average molecular weight is 281 g/mol. The second-order valence-electron chi connectivity index (χ2n) is 5.12. The summed E-state index contributed by atoms with van der Waals surface area (Å²) in [5.74, 6) is 0.451. The summed E-state index contributed by atoms with van der Waals surface area (Å²) in [6.07, 6.45) is 6.05. The molecule has 1 heterocycles. The standard InChI is InChI=1S/C13H19N3O2S/c1-8(17)9-7-14-12(19-3)16-11(9)15-10-5-4-6-13(10,2)18/h7,10,18H,4-6H2,1-3H3,(H,14,15,16)/t10-,13-/m0/s1. The number of hydrogen-bond acceptors (Lipinski definition) is 6. The van der Waals surface area contributed by atoms with Crippen molar-refractivity contribution in [1.29, 1.82) is 0 Å². The van der Waals surface area contributed by atoms with Gasteiger partial charge in [0.25, 0.3) is 0 Å². The van der Waals surface area contributed by atoms with E-state index in [1.165, 1.54) is 18.7 Å². The van der Waals surface area contributed by atoms with Crippen molar-refractivity contribution in [2.24, 2.45) is 0 Å². The van der Waals surface area contributed by atoms with Gasteiger partial charge in [-0.2, -0.15) is 0 Å². The SMILES string of the molecule is CSc1ncc(C(C)=O)c(N[C@H]2CCC[C@]2(C)O)n1. The molecule has 1 saturated carbocycles. The third kappa shape index (κ3) is 3.06. The molecular formula is C13H19N3O2S. The number of nitrogens with zero attached hydrogens (tertiary/aromatic N) is 2. The van der Waals surface area contributed by atoms with E-state index >= 15 is 0 Å². The van der Waals surface area contributed by atoms with Crippen molar-refractivity contribution < 1.29 is 9.90 Å². The Bertz CT molecular complexity index is 491. The Morgan fingerprint density at radius 1 is 1.63 bits per heavy atom. The minimum absolute atomic E-state index is 0.0739. The summed E-state index contributed by atoms with van der Waals surface area (Å²) in [6.45, 7) is 3.32. The van der Waals surface area contributed by atoms with Crippen LogP contribution in [0.2, 0.25) is 0 Å². The van der Waals surface area contributed by atoms with Gasteiger partial charge in [-0.15, -0.1) is 0 Å². The molecule has 0 spiro atoms. The highest BCUT2D eigenvalue weighted by Gasteiger charge is 2.37. The Kier molecular flexibility index (Phi) is 4.10. The molecule has 0 radical (unpaired) electrons. The summed E-state index contributed by atoms with van der Waals surface area (Å²) in [5, 5.41) is 14.1. The van der Waals surface area contributed by atoms with Gasteiger partial charge in [0, 0.05) is 6.20 Å². The molecule has 6 heteroatoms. The zero-order chi connectivity index (χ0) is 14.0. The van der Waals surface area contributed by atoms with Gasteiger partial charge in [-0.3, -0.25) is 4.79 Å². The first kappa shape index (κ1) is 14.3. The third-order valence-electron chi connectivity index (χ3n) is 3.57. The zero-order valence-electron chi connectivity index (χ0n) is 11.4. The molecule has 1 aliphatic carbocycles. The van der Waals surface area contributed by atoms with Crippen LogP contribution >= 0.6 is 11.8 Å². The normalized spacial score (nSPS) is 26.4. The number of thioether (sulfide) groups is 1. The molecule has 1 aromatic heterocycles. The van der Waals surface area contributed by atoms with Crippen LogP contribution in [0, 0.1) is 0 Å². The first-order valence-corrected chi connectivity index (χ1v) is 7.57. The lowest BCUT2D eigenvalue weighted by molar-refractivity contribution is 0.0576. The fourth-order valence-electron chi connectivity index (χ4n) is 2.37. The Balaban J connectivity index is 2.29. The highest BCUT2D eigenvalue weighted by atomic mass is 32.2. The van der Waals surface area contributed by atoms with Crippen molar-refractivity contribution in [3.63, 3.8) is 0 Å². The van der Waals surface area contributed by atoms with E-state index in [1.807, 2.05) is 13.2 Å². The van der Waals surface area contributed by atoms with Crippen LogP contribution in [0.15, 0.2) is 11.4 Å². The van der Waals surface area contributed by atoms with E-state index in [4.69, 9.17) is 0 Å². The predicted octanol–water partition coefficient (Wildman–Crippen LogP) is 2.12. The highest BCUT2D eigenvalue weighted by molar-refractivity contribution is 7.98. The average Bonchev–Trinajstić information content (AvgIpc) is 2.68. The number of carbonyl (C=O) groups excluding carboxylic acids is 1. The quantitative estimate of drug-likeness (QED) is 0.500. The van der Waals surface area contributed by atoms with Crippen molar-refractivity contribution in [3.05, 3.63) is 11.8 Å². The fraction of sp³-hybridized carbons (Fsp3) is 0.615. The lowest BCUT2D eigenvalue weighted by Gasteiger charge is -2.27. The van der Waals surface area contributed by atoms with Crippen molar-refractivity contribution in [1.82, 2.24) is 9.97 Å².